The van der Waals surface area contributed by atoms with Crippen molar-refractivity contribution in [3.63, 3.8) is 0 Å². The highest BCUT2D eigenvalue weighted by Gasteiger charge is 2.45. The summed E-state index contributed by atoms with van der Waals surface area (Å²) in [5.41, 5.74) is 3.07. The number of ketones is 1. The first-order chi connectivity index (χ1) is 16.6. The SMILES string of the molecule is Cc1cccc(CCOc2cc(C(=O)CC3(C(=O)O)Cc4ccccc4C3)ccc2S(C)(=O)=O)c1. The van der Waals surface area contributed by atoms with Gasteiger partial charge in [-0.1, -0.05) is 54.1 Å². The van der Waals surface area contributed by atoms with Crippen LogP contribution >= 0.6 is 0 Å². The van der Waals surface area contributed by atoms with E-state index >= 15 is 0 Å². The molecule has 1 aliphatic carbocycles. The summed E-state index contributed by atoms with van der Waals surface area (Å²) in [6, 6.07) is 19.7. The van der Waals surface area contributed by atoms with Crippen molar-refractivity contribution in [2.45, 2.75) is 37.5 Å². The molecule has 0 saturated heterocycles. The summed E-state index contributed by atoms with van der Waals surface area (Å²) >= 11 is 0. The van der Waals surface area contributed by atoms with Gasteiger partial charge in [0.1, 0.15) is 10.6 Å². The van der Waals surface area contributed by atoms with E-state index in [2.05, 4.69) is 0 Å². The van der Waals surface area contributed by atoms with Crippen molar-refractivity contribution in [3.05, 3.63) is 94.5 Å². The number of sulfone groups is 1. The Balaban J connectivity index is 1.56. The van der Waals surface area contributed by atoms with Gasteiger partial charge < -0.3 is 9.84 Å². The van der Waals surface area contributed by atoms with Crippen LogP contribution in [-0.4, -0.2) is 38.1 Å². The summed E-state index contributed by atoms with van der Waals surface area (Å²) in [6.07, 6.45) is 2.05. The van der Waals surface area contributed by atoms with Gasteiger partial charge in [-0.15, -0.1) is 0 Å². The lowest BCUT2D eigenvalue weighted by Gasteiger charge is -2.23. The van der Waals surface area contributed by atoms with Crippen molar-refractivity contribution in [3.8, 4) is 5.75 Å². The van der Waals surface area contributed by atoms with Crippen LogP contribution < -0.4 is 4.74 Å². The maximum Gasteiger partial charge on any atom is 0.310 e. The number of rotatable bonds is 9. The topological polar surface area (TPSA) is 97.7 Å². The molecule has 7 heteroatoms. The number of aryl methyl sites for hydroxylation is 1. The summed E-state index contributed by atoms with van der Waals surface area (Å²) in [6.45, 7) is 2.23. The van der Waals surface area contributed by atoms with E-state index in [1.165, 1.54) is 18.2 Å². The van der Waals surface area contributed by atoms with Gasteiger partial charge in [0.2, 0.25) is 0 Å². The van der Waals surface area contributed by atoms with Crippen molar-refractivity contribution >= 4 is 21.6 Å². The maximum atomic E-state index is 13.2. The van der Waals surface area contributed by atoms with Crippen LogP contribution in [0.15, 0.2) is 71.6 Å². The zero-order valence-corrected chi connectivity index (χ0v) is 20.6. The molecule has 4 rings (SSSR count). The van der Waals surface area contributed by atoms with Crippen LogP contribution in [0.1, 0.15) is 39.0 Å². The lowest BCUT2D eigenvalue weighted by molar-refractivity contribution is -0.148. The second kappa shape index (κ2) is 9.66. The number of hydrogen-bond acceptors (Lipinski definition) is 5. The van der Waals surface area contributed by atoms with E-state index in [0.717, 1.165) is 28.5 Å². The van der Waals surface area contributed by atoms with Crippen LogP contribution in [0.2, 0.25) is 0 Å². The minimum Gasteiger partial charge on any atom is -0.492 e. The lowest BCUT2D eigenvalue weighted by atomic mass is 9.79. The summed E-state index contributed by atoms with van der Waals surface area (Å²) in [5.74, 6) is -1.27. The molecule has 6 nitrogen and oxygen atoms in total. The Kier molecular flexibility index (Phi) is 6.81. The standard InChI is InChI=1S/C28H28O6S/c1-19-6-5-7-20(14-19)12-13-34-25-15-21(10-11-26(25)35(2,32)33)24(29)18-28(27(30)31)16-22-8-3-4-9-23(22)17-28/h3-11,14-15H,12-13,16-18H2,1-2H3,(H,30,31). The fourth-order valence-corrected chi connectivity index (χ4v) is 5.50. The molecule has 0 atom stereocenters. The van der Waals surface area contributed by atoms with Crippen LogP contribution in [0, 0.1) is 12.3 Å². The van der Waals surface area contributed by atoms with Crippen LogP contribution in [0.4, 0.5) is 0 Å². The van der Waals surface area contributed by atoms with E-state index in [1.807, 2.05) is 55.5 Å². The summed E-state index contributed by atoms with van der Waals surface area (Å²) in [4.78, 5) is 25.5. The van der Waals surface area contributed by atoms with Gasteiger partial charge >= 0.3 is 5.97 Å². The quantitative estimate of drug-likeness (QED) is 0.443. The number of fused-ring (bicyclic) bond motifs is 1. The zero-order valence-electron chi connectivity index (χ0n) is 19.8. The van der Waals surface area contributed by atoms with Gasteiger partial charge in [0.25, 0.3) is 0 Å². The maximum absolute atomic E-state index is 13.2. The minimum atomic E-state index is -3.59. The lowest BCUT2D eigenvalue weighted by Crippen LogP contribution is -2.34. The molecular formula is C28H28O6S. The first-order valence-corrected chi connectivity index (χ1v) is 13.3. The molecule has 182 valence electrons. The van der Waals surface area contributed by atoms with Crippen molar-refractivity contribution < 1.29 is 27.9 Å². The van der Waals surface area contributed by atoms with Gasteiger partial charge in [-0.2, -0.15) is 0 Å². The van der Waals surface area contributed by atoms with Crippen LogP contribution in [0.3, 0.4) is 0 Å². The first kappa shape index (κ1) is 24.7. The molecule has 0 heterocycles. The Bertz CT molecular complexity index is 1370. The molecule has 0 bridgehead atoms. The van der Waals surface area contributed by atoms with Gasteiger partial charge in [-0.3, -0.25) is 9.59 Å². The molecule has 3 aromatic carbocycles. The van der Waals surface area contributed by atoms with Crippen LogP contribution in [0.5, 0.6) is 5.75 Å². The molecule has 0 unspecified atom stereocenters. The average Bonchev–Trinajstić information content (AvgIpc) is 3.18. The fourth-order valence-electron chi connectivity index (χ4n) is 4.70. The predicted molar refractivity (Wildman–Crippen MR) is 133 cm³/mol. The van der Waals surface area contributed by atoms with Crippen molar-refractivity contribution in [1.82, 2.24) is 0 Å². The first-order valence-electron chi connectivity index (χ1n) is 11.4. The van der Waals surface area contributed by atoms with E-state index in [9.17, 15) is 23.1 Å². The van der Waals surface area contributed by atoms with Gasteiger partial charge in [-0.25, -0.2) is 8.42 Å². The number of carboxylic acid groups (broad SMARTS) is 1. The number of carbonyl (C=O) groups is 2. The molecule has 0 aromatic heterocycles. The number of hydrogen-bond donors (Lipinski definition) is 1. The van der Waals surface area contributed by atoms with Gasteiger partial charge in [0.15, 0.2) is 15.6 Å². The van der Waals surface area contributed by atoms with E-state index < -0.39 is 21.2 Å². The number of aliphatic carboxylic acids is 1. The van der Waals surface area contributed by atoms with E-state index in [0.29, 0.717) is 6.42 Å². The molecular weight excluding hydrogens is 464 g/mol. The predicted octanol–water partition coefficient (Wildman–Crippen LogP) is 4.46. The third kappa shape index (κ3) is 5.46. The van der Waals surface area contributed by atoms with E-state index in [4.69, 9.17) is 4.74 Å². The number of benzene rings is 3. The van der Waals surface area contributed by atoms with Crippen molar-refractivity contribution in [2.75, 3.05) is 12.9 Å². The summed E-state index contributed by atoms with van der Waals surface area (Å²) < 4.78 is 30.5. The minimum absolute atomic E-state index is 0.000452. The van der Waals surface area contributed by atoms with Gasteiger partial charge in [-0.05, 0) is 54.7 Å². The third-order valence-corrected chi connectivity index (χ3v) is 7.66. The second-order valence-electron chi connectivity index (χ2n) is 9.33. The molecule has 0 fully saturated rings. The highest BCUT2D eigenvalue weighted by Crippen LogP contribution is 2.41. The number of carboxylic acids is 1. The molecule has 0 aliphatic heterocycles. The number of Topliss-reactive ketones (excluding diaryl/α,β-unsaturated/α-hetero) is 1. The Morgan fingerprint density at radius 3 is 2.26 bits per heavy atom. The molecule has 0 spiro atoms. The largest absolute Gasteiger partial charge is 0.492 e. The molecule has 0 amide bonds. The number of carbonyl (C=O) groups excluding carboxylic acids is 1. The normalized spacial score (nSPS) is 14.3. The number of ether oxygens (including phenoxy) is 1. The van der Waals surface area contributed by atoms with E-state index in [1.54, 1.807) is 0 Å². The highest BCUT2D eigenvalue weighted by molar-refractivity contribution is 7.90. The highest BCUT2D eigenvalue weighted by atomic mass is 32.2. The molecule has 35 heavy (non-hydrogen) atoms. The Morgan fingerprint density at radius 2 is 1.66 bits per heavy atom. The summed E-state index contributed by atoms with van der Waals surface area (Å²) in [7, 11) is -3.59. The molecule has 1 aliphatic rings. The second-order valence-corrected chi connectivity index (χ2v) is 11.3. The monoisotopic (exact) mass is 492 g/mol. The average molecular weight is 493 g/mol. The van der Waals surface area contributed by atoms with E-state index in [-0.39, 0.29) is 47.9 Å². The molecule has 3 aromatic rings. The van der Waals surface area contributed by atoms with Gasteiger partial charge in [0, 0.05) is 24.7 Å². The van der Waals surface area contributed by atoms with Crippen molar-refractivity contribution in [1.29, 1.82) is 0 Å². The van der Waals surface area contributed by atoms with Crippen LogP contribution in [-0.2, 0) is 33.9 Å². The Hall–Kier alpha value is -3.45. The molecule has 1 N–H and O–H groups in total. The third-order valence-electron chi connectivity index (χ3n) is 6.52. The van der Waals surface area contributed by atoms with Crippen molar-refractivity contribution in [2.24, 2.45) is 5.41 Å². The Labute approximate surface area is 205 Å². The smallest absolute Gasteiger partial charge is 0.310 e. The van der Waals surface area contributed by atoms with Gasteiger partial charge in [0.05, 0.1) is 12.0 Å². The fraction of sp³-hybridized carbons (Fsp3) is 0.286. The molecule has 0 saturated carbocycles. The summed E-state index contributed by atoms with van der Waals surface area (Å²) in [5, 5.41) is 10.0. The molecule has 0 radical (unpaired) electrons. The Morgan fingerprint density at radius 1 is 0.971 bits per heavy atom. The van der Waals surface area contributed by atoms with Crippen LogP contribution in [0.25, 0.3) is 0 Å². The zero-order chi connectivity index (χ0) is 25.2.